The van der Waals surface area contributed by atoms with Crippen molar-refractivity contribution in [3.05, 3.63) is 109 Å². The van der Waals surface area contributed by atoms with Crippen LogP contribution in [0, 0.1) is 0 Å². The highest BCUT2D eigenvalue weighted by Crippen LogP contribution is 2.39. The van der Waals surface area contributed by atoms with E-state index in [1.54, 1.807) is 0 Å². The standard InChI is InChI=1S/C33H22N2O2/c1-2-31-34-27-8-4-5-9-28(27)35(31)22-14-11-20(12-15-22)21-13-18-30-26(19-21)25-17-16-24-23-7-3-6-10-29(23)36-32(24)33(25)37-30/h3-19H,2H2,1H3. The first-order chi connectivity index (χ1) is 18.3. The molecule has 0 amide bonds. The second-order valence-electron chi connectivity index (χ2n) is 9.48. The van der Waals surface area contributed by atoms with Crippen molar-refractivity contribution < 1.29 is 8.83 Å². The minimum Gasteiger partial charge on any atom is -0.452 e. The Bertz CT molecular complexity index is 2120. The summed E-state index contributed by atoms with van der Waals surface area (Å²) in [4.78, 5) is 4.83. The van der Waals surface area contributed by atoms with Gasteiger partial charge in [-0.25, -0.2) is 4.98 Å². The van der Waals surface area contributed by atoms with Gasteiger partial charge in [-0.2, -0.15) is 0 Å². The van der Waals surface area contributed by atoms with Crippen molar-refractivity contribution in [2.75, 3.05) is 0 Å². The Labute approximate surface area is 212 Å². The van der Waals surface area contributed by atoms with Crippen molar-refractivity contribution in [1.82, 2.24) is 9.55 Å². The van der Waals surface area contributed by atoms with E-state index < -0.39 is 0 Å². The molecule has 0 unspecified atom stereocenters. The van der Waals surface area contributed by atoms with Crippen molar-refractivity contribution in [1.29, 1.82) is 0 Å². The van der Waals surface area contributed by atoms with Gasteiger partial charge in [-0.15, -0.1) is 0 Å². The second kappa shape index (κ2) is 7.58. The second-order valence-corrected chi connectivity index (χ2v) is 9.48. The lowest BCUT2D eigenvalue weighted by Gasteiger charge is -2.10. The molecule has 0 aliphatic carbocycles. The van der Waals surface area contributed by atoms with Gasteiger partial charge in [0.2, 0.25) is 0 Å². The first-order valence-corrected chi connectivity index (χ1v) is 12.6. The molecule has 0 N–H and O–H groups in total. The zero-order valence-corrected chi connectivity index (χ0v) is 20.2. The maximum Gasteiger partial charge on any atom is 0.178 e. The van der Waals surface area contributed by atoms with Gasteiger partial charge < -0.3 is 8.83 Å². The number of rotatable bonds is 3. The van der Waals surface area contributed by atoms with Gasteiger partial charge in [-0.1, -0.05) is 55.5 Å². The molecular weight excluding hydrogens is 456 g/mol. The Kier molecular flexibility index (Phi) is 4.17. The van der Waals surface area contributed by atoms with Crippen LogP contribution in [0.25, 0.3) is 71.7 Å². The smallest absolute Gasteiger partial charge is 0.178 e. The minimum absolute atomic E-state index is 0.801. The quantitative estimate of drug-likeness (QED) is 0.254. The fourth-order valence-corrected chi connectivity index (χ4v) is 5.60. The molecule has 8 rings (SSSR count). The summed E-state index contributed by atoms with van der Waals surface area (Å²) in [6.45, 7) is 2.15. The predicted octanol–water partition coefficient (Wildman–Crippen LogP) is 9.05. The van der Waals surface area contributed by atoms with Crippen molar-refractivity contribution in [2.45, 2.75) is 13.3 Å². The van der Waals surface area contributed by atoms with Crippen LogP contribution in [0.5, 0.6) is 0 Å². The zero-order valence-electron chi connectivity index (χ0n) is 20.2. The maximum atomic E-state index is 6.32. The summed E-state index contributed by atoms with van der Waals surface area (Å²) >= 11 is 0. The molecule has 0 bridgehead atoms. The van der Waals surface area contributed by atoms with Gasteiger partial charge >= 0.3 is 0 Å². The molecule has 0 saturated carbocycles. The van der Waals surface area contributed by atoms with Gasteiger partial charge in [0.05, 0.1) is 11.0 Å². The number of para-hydroxylation sites is 3. The van der Waals surface area contributed by atoms with Crippen LogP contribution in [0.1, 0.15) is 12.7 Å². The van der Waals surface area contributed by atoms with Gasteiger partial charge in [-0.05, 0) is 65.7 Å². The van der Waals surface area contributed by atoms with Crippen molar-refractivity contribution in [3.8, 4) is 16.8 Å². The third-order valence-corrected chi connectivity index (χ3v) is 7.39. The lowest BCUT2D eigenvalue weighted by atomic mass is 10.0. The van der Waals surface area contributed by atoms with Crippen LogP contribution in [0.3, 0.4) is 0 Å². The fourth-order valence-electron chi connectivity index (χ4n) is 5.60. The number of aryl methyl sites for hydroxylation is 1. The normalized spacial score (nSPS) is 12.0. The average Bonchev–Trinajstić information content (AvgIpc) is 3.63. The molecule has 4 heteroatoms. The SMILES string of the molecule is CCc1nc2ccccc2n1-c1ccc(-c2ccc3oc4c(ccc5c6ccccc6oc54)c3c2)cc1. The molecule has 3 aromatic heterocycles. The van der Waals surface area contributed by atoms with Crippen LogP contribution in [0.15, 0.2) is 112 Å². The summed E-state index contributed by atoms with van der Waals surface area (Å²) in [6.07, 6.45) is 0.874. The van der Waals surface area contributed by atoms with Gasteiger partial charge in [0.1, 0.15) is 17.0 Å². The van der Waals surface area contributed by atoms with Crippen molar-refractivity contribution >= 4 is 54.9 Å². The highest BCUT2D eigenvalue weighted by Gasteiger charge is 2.16. The molecule has 0 spiro atoms. The Morgan fingerprint density at radius 1 is 0.622 bits per heavy atom. The lowest BCUT2D eigenvalue weighted by molar-refractivity contribution is 0.633. The van der Waals surface area contributed by atoms with E-state index in [2.05, 4.69) is 90.4 Å². The average molecular weight is 479 g/mol. The Hall–Kier alpha value is -4.83. The van der Waals surface area contributed by atoms with Crippen LogP contribution in [-0.2, 0) is 6.42 Å². The molecule has 176 valence electrons. The molecule has 0 radical (unpaired) electrons. The third kappa shape index (κ3) is 2.93. The molecule has 0 aliphatic heterocycles. The van der Waals surface area contributed by atoms with E-state index in [4.69, 9.17) is 13.8 Å². The number of benzene rings is 5. The first-order valence-electron chi connectivity index (χ1n) is 12.6. The Morgan fingerprint density at radius 2 is 1.30 bits per heavy atom. The summed E-state index contributed by atoms with van der Waals surface area (Å²) in [5.41, 5.74) is 8.94. The predicted molar refractivity (Wildman–Crippen MR) is 150 cm³/mol. The van der Waals surface area contributed by atoms with Crippen LogP contribution < -0.4 is 0 Å². The van der Waals surface area contributed by atoms with Gasteiger partial charge in [0, 0.05) is 33.7 Å². The van der Waals surface area contributed by atoms with E-state index in [-0.39, 0.29) is 0 Å². The number of nitrogens with zero attached hydrogens (tertiary/aromatic N) is 2. The summed E-state index contributed by atoms with van der Waals surface area (Å²) < 4.78 is 14.8. The first kappa shape index (κ1) is 20.4. The molecule has 0 saturated heterocycles. The summed E-state index contributed by atoms with van der Waals surface area (Å²) in [6, 6.07) is 35.9. The van der Waals surface area contributed by atoms with Crippen molar-refractivity contribution in [3.63, 3.8) is 0 Å². The van der Waals surface area contributed by atoms with Gasteiger partial charge in [-0.3, -0.25) is 4.57 Å². The van der Waals surface area contributed by atoms with Crippen LogP contribution in [0.2, 0.25) is 0 Å². The van der Waals surface area contributed by atoms with E-state index in [1.807, 2.05) is 24.3 Å². The molecule has 0 atom stereocenters. The zero-order chi connectivity index (χ0) is 24.5. The van der Waals surface area contributed by atoms with E-state index >= 15 is 0 Å². The number of furan rings is 2. The van der Waals surface area contributed by atoms with Crippen molar-refractivity contribution in [2.24, 2.45) is 0 Å². The number of hydrogen-bond acceptors (Lipinski definition) is 3. The molecule has 4 nitrogen and oxygen atoms in total. The largest absolute Gasteiger partial charge is 0.452 e. The van der Waals surface area contributed by atoms with Gasteiger partial charge in [0.15, 0.2) is 11.2 Å². The molecule has 3 heterocycles. The monoisotopic (exact) mass is 478 g/mol. The van der Waals surface area contributed by atoms with E-state index in [9.17, 15) is 0 Å². The highest BCUT2D eigenvalue weighted by atomic mass is 16.4. The highest BCUT2D eigenvalue weighted by molar-refractivity contribution is 6.19. The summed E-state index contributed by atoms with van der Waals surface area (Å²) in [7, 11) is 0. The lowest BCUT2D eigenvalue weighted by Crippen LogP contribution is -1.99. The number of imidazole rings is 1. The minimum atomic E-state index is 0.801. The van der Waals surface area contributed by atoms with Crippen LogP contribution in [0.4, 0.5) is 0 Å². The van der Waals surface area contributed by atoms with Gasteiger partial charge in [0.25, 0.3) is 0 Å². The molecule has 0 aliphatic rings. The van der Waals surface area contributed by atoms with E-state index in [0.29, 0.717) is 0 Å². The number of aromatic nitrogens is 2. The van der Waals surface area contributed by atoms with E-state index in [0.717, 1.165) is 84.0 Å². The topological polar surface area (TPSA) is 44.1 Å². The summed E-state index contributed by atoms with van der Waals surface area (Å²) in [5.74, 6) is 1.07. The van der Waals surface area contributed by atoms with Crippen LogP contribution in [-0.4, -0.2) is 9.55 Å². The molecule has 8 aromatic rings. The Balaban J connectivity index is 1.25. The molecular formula is C33H22N2O2. The molecule has 0 fully saturated rings. The fraction of sp³-hybridized carbons (Fsp3) is 0.0606. The maximum absolute atomic E-state index is 6.32. The number of fused-ring (bicyclic) bond motifs is 8. The Morgan fingerprint density at radius 3 is 2.11 bits per heavy atom. The number of hydrogen-bond donors (Lipinski definition) is 0. The molecule has 37 heavy (non-hydrogen) atoms. The molecule has 5 aromatic carbocycles. The third-order valence-electron chi connectivity index (χ3n) is 7.39. The van der Waals surface area contributed by atoms with Crippen LogP contribution >= 0.6 is 0 Å². The summed E-state index contributed by atoms with van der Waals surface area (Å²) in [5, 5.41) is 4.35. The van der Waals surface area contributed by atoms with E-state index in [1.165, 1.54) is 0 Å².